The molecule has 3 aromatic carbocycles. The first-order valence-corrected chi connectivity index (χ1v) is 11.3. The number of halogens is 1. The molecule has 4 rings (SSSR count). The molecule has 0 aliphatic heterocycles. The van der Waals surface area contributed by atoms with Crippen LogP contribution >= 0.6 is 0 Å². The molecule has 5 nitrogen and oxygen atoms in total. The number of hydrogen-bond acceptors (Lipinski definition) is 3. The first-order valence-electron chi connectivity index (χ1n) is 9.78. The summed E-state index contributed by atoms with van der Waals surface area (Å²) < 4.78 is 43.4. The van der Waals surface area contributed by atoms with Gasteiger partial charge in [-0.2, -0.15) is 0 Å². The lowest BCUT2D eigenvalue weighted by Gasteiger charge is -2.13. The van der Waals surface area contributed by atoms with Crippen LogP contribution < -0.4 is 4.72 Å². The van der Waals surface area contributed by atoms with E-state index in [1.807, 2.05) is 30.3 Å². The summed E-state index contributed by atoms with van der Waals surface area (Å²) in [6.45, 7) is 2.90. The number of imidazole rings is 1. The van der Waals surface area contributed by atoms with E-state index in [4.69, 9.17) is 4.98 Å². The molecule has 0 atom stereocenters. The number of nitrogens with zero attached hydrogens (tertiary/aromatic N) is 2. The van der Waals surface area contributed by atoms with Crippen molar-refractivity contribution in [1.29, 1.82) is 0 Å². The number of anilines is 1. The minimum absolute atomic E-state index is 0.0199. The van der Waals surface area contributed by atoms with E-state index in [1.165, 1.54) is 12.1 Å². The number of hydrogen-bond donors (Lipinski definition) is 1. The van der Waals surface area contributed by atoms with Gasteiger partial charge in [-0.05, 0) is 61.4 Å². The van der Waals surface area contributed by atoms with Gasteiger partial charge in [0, 0.05) is 13.0 Å². The van der Waals surface area contributed by atoms with Crippen LogP contribution in [-0.4, -0.2) is 18.0 Å². The maximum absolute atomic E-state index is 13.1. The van der Waals surface area contributed by atoms with Crippen molar-refractivity contribution < 1.29 is 12.8 Å². The Hall–Kier alpha value is -3.19. The van der Waals surface area contributed by atoms with E-state index in [9.17, 15) is 12.8 Å². The highest BCUT2D eigenvalue weighted by molar-refractivity contribution is 7.92. The molecule has 0 saturated heterocycles. The first-order chi connectivity index (χ1) is 14.5. The predicted molar refractivity (Wildman–Crippen MR) is 116 cm³/mol. The highest BCUT2D eigenvalue weighted by Gasteiger charge is 2.17. The van der Waals surface area contributed by atoms with Gasteiger partial charge in [0.15, 0.2) is 0 Å². The smallest absolute Gasteiger partial charge is 0.261 e. The molecule has 7 heteroatoms. The fourth-order valence-corrected chi connectivity index (χ4v) is 4.67. The van der Waals surface area contributed by atoms with Crippen molar-refractivity contribution in [1.82, 2.24) is 9.55 Å². The van der Waals surface area contributed by atoms with Crippen LogP contribution in [0.5, 0.6) is 0 Å². The van der Waals surface area contributed by atoms with E-state index in [-0.39, 0.29) is 4.90 Å². The van der Waals surface area contributed by atoms with Crippen molar-refractivity contribution >= 4 is 26.7 Å². The molecule has 0 fully saturated rings. The number of benzene rings is 3. The lowest BCUT2D eigenvalue weighted by Crippen LogP contribution is -2.14. The molecule has 0 amide bonds. The van der Waals surface area contributed by atoms with E-state index in [0.29, 0.717) is 18.5 Å². The van der Waals surface area contributed by atoms with Gasteiger partial charge in [0.1, 0.15) is 11.6 Å². The van der Waals surface area contributed by atoms with Crippen molar-refractivity contribution in [3.8, 4) is 0 Å². The Kier molecular flexibility index (Phi) is 5.55. The molecule has 30 heavy (non-hydrogen) atoms. The highest BCUT2D eigenvalue weighted by atomic mass is 32.2. The second-order valence-electron chi connectivity index (χ2n) is 6.98. The second kappa shape index (κ2) is 8.28. The van der Waals surface area contributed by atoms with Crippen LogP contribution in [0, 0.1) is 5.82 Å². The second-order valence-corrected chi connectivity index (χ2v) is 8.66. The molecule has 0 radical (unpaired) electrons. The van der Waals surface area contributed by atoms with Crippen LogP contribution in [0.15, 0.2) is 77.7 Å². The molecule has 154 valence electrons. The third-order valence-corrected chi connectivity index (χ3v) is 6.43. The summed E-state index contributed by atoms with van der Waals surface area (Å²) in [5.74, 6) is 0.489. The van der Waals surface area contributed by atoms with Crippen molar-refractivity contribution in [2.45, 2.75) is 31.2 Å². The van der Waals surface area contributed by atoms with Gasteiger partial charge in [0.25, 0.3) is 10.0 Å². The van der Waals surface area contributed by atoms with Crippen molar-refractivity contribution in [3.05, 3.63) is 90.0 Å². The van der Waals surface area contributed by atoms with E-state index < -0.39 is 15.8 Å². The Morgan fingerprint density at radius 3 is 2.40 bits per heavy atom. The average Bonchev–Trinajstić information content (AvgIpc) is 3.10. The minimum Gasteiger partial charge on any atom is -0.328 e. The maximum atomic E-state index is 13.1. The van der Waals surface area contributed by atoms with E-state index in [1.54, 1.807) is 12.1 Å². The SMILES string of the molecule is CCn1c(CCc2ccccc2NS(=O)(=O)c2ccc(F)cc2)nc2ccccc21. The van der Waals surface area contributed by atoms with Crippen molar-refractivity contribution in [2.24, 2.45) is 0 Å². The van der Waals surface area contributed by atoms with E-state index in [2.05, 4.69) is 22.3 Å². The molecule has 0 aliphatic carbocycles. The van der Waals surface area contributed by atoms with Gasteiger partial charge in [-0.3, -0.25) is 4.72 Å². The zero-order chi connectivity index (χ0) is 21.1. The van der Waals surface area contributed by atoms with Crippen LogP contribution in [0.25, 0.3) is 11.0 Å². The Morgan fingerprint density at radius 1 is 0.933 bits per heavy atom. The molecule has 1 N–H and O–H groups in total. The molecule has 0 bridgehead atoms. The molecule has 0 unspecified atom stereocenters. The van der Waals surface area contributed by atoms with Gasteiger partial charge in [-0.1, -0.05) is 30.3 Å². The van der Waals surface area contributed by atoms with Gasteiger partial charge in [-0.25, -0.2) is 17.8 Å². The molecular weight excluding hydrogens is 401 g/mol. The topological polar surface area (TPSA) is 64.0 Å². The molecule has 1 heterocycles. The number of aromatic nitrogens is 2. The van der Waals surface area contributed by atoms with Gasteiger partial charge in [-0.15, -0.1) is 0 Å². The van der Waals surface area contributed by atoms with Crippen LogP contribution in [0.4, 0.5) is 10.1 Å². The van der Waals surface area contributed by atoms with Crippen LogP contribution in [-0.2, 0) is 29.4 Å². The standard InChI is InChI=1S/C23H22FN3O2S/c1-2-27-22-10-6-5-9-21(22)25-23(27)16-11-17-7-3-4-8-20(17)26-30(28,29)19-14-12-18(24)13-15-19/h3-10,12-15,26H,2,11,16H2,1H3. The third-order valence-electron chi connectivity index (χ3n) is 5.05. The molecule has 4 aromatic rings. The van der Waals surface area contributed by atoms with Crippen molar-refractivity contribution in [2.75, 3.05) is 4.72 Å². The van der Waals surface area contributed by atoms with Gasteiger partial charge in [0.05, 0.1) is 21.6 Å². The minimum atomic E-state index is -3.81. The lowest BCUT2D eigenvalue weighted by atomic mass is 10.1. The molecular formula is C23H22FN3O2S. The predicted octanol–water partition coefficient (Wildman–Crippen LogP) is 4.78. The maximum Gasteiger partial charge on any atom is 0.261 e. The number of para-hydroxylation sites is 3. The van der Waals surface area contributed by atoms with Gasteiger partial charge in [0.2, 0.25) is 0 Å². The third kappa shape index (κ3) is 4.07. The number of fused-ring (bicyclic) bond motifs is 1. The summed E-state index contributed by atoms with van der Waals surface area (Å²) in [6, 6.07) is 20.1. The van der Waals surface area contributed by atoms with E-state index in [0.717, 1.165) is 41.1 Å². The van der Waals surface area contributed by atoms with Gasteiger partial charge >= 0.3 is 0 Å². The number of rotatable bonds is 7. The molecule has 0 aliphatic rings. The molecule has 0 saturated carbocycles. The zero-order valence-corrected chi connectivity index (χ0v) is 17.4. The number of nitrogens with one attached hydrogen (secondary N) is 1. The van der Waals surface area contributed by atoms with Gasteiger partial charge < -0.3 is 4.57 Å². The summed E-state index contributed by atoms with van der Waals surface area (Å²) in [7, 11) is -3.81. The van der Waals surface area contributed by atoms with E-state index >= 15 is 0 Å². The van der Waals surface area contributed by atoms with Crippen LogP contribution in [0.1, 0.15) is 18.3 Å². The lowest BCUT2D eigenvalue weighted by molar-refractivity contribution is 0.599. The fourth-order valence-electron chi connectivity index (χ4n) is 3.57. The normalized spacial score (nSPS) is 11.7. The summed E-state index contributed by atoms with van der Waals surface area (Å²) in [6.07, 6.45) is 1.31. The van der Waals surface area contributed by atoms with Crippen LogP contribution in [0.3, 0.4) is 0 Å². The Labute approximate surface area is 175 Å². The largest absolute Gasteiger partial charge is 0.328 e. The number of aryl methyl sites for hydroxylation is 3. The Bertz CT molecular complexity index is 1280. The Balaban J connectivity index is 1.58. The highest BCUT2D eigenvalue weighted by Crippen LogP contribution is 2.23. The average molecular weight is 424 g/mol. The Morgan fingerprint density at radius 2 is 1.63 bits per heavy atom. The summed E-state index contributed by atoms with van der Waals surface area (Å²) in [5, 5.41) is 0. The van der Waals surface area contributed by atoms with Crippen LogP contribution in [0.2, 0.25) is 0 Å². The molecule has 1 aromatic heterocycles. The zero-order valence-electron chi connectivity index (χ0n) is 16.5. The van der Waals surface area contributed by atoms with Crippen molar-refractivity contribution in [3.63, 3.8) is 0 Å². The molecule has 0 spiro atoms. The quantitative estimate of drug-likeness (QED) is 0.465. The summed E-state index contributed by atoms with van der Waals surface area (Å²) in [4.78, 5) is 4.77. The summed E-state index contributed by atoms with van der Waals surface area (Å²) in [5.41, 5.74) is 3.44. The number of sulfonamides is 1. The summed E-state index contributed by atoms with van der Waals surface area (Å²) >= 11 is 0. The fraction of sp³-hybridized carbons (Fsp3) is 0.174. The monoisotopic (exact) mass is 423 g/mol. The first kappa shape index (κ1) is 20.1.